The minimum atomic E-state index is 0.411. The van der Waals surface area contributed by atoms with Gasteiger partial charge in [0.25, 0.3) is 0 Å². The van der Waals surface area contributed by atoms with Gasteiger partial charge in [0, 0.05) is 28.5 Å². The van der Waals surface area contributed by atoms with Crippen LogP contribution in [-0.4, -0.2) is 0 Å². The molecular weight excluding hydrogens is 416 g/mol. The monoisotopic (exact) mass is 449 g/mol. The van der Waals surface area contributed by atoms with Gasteiger partial charge in [-0.05, 0) is 74.1 Å². The second kappa shape index (κ2) is 8.58. The third-order valence-corrected chi connectivity index (χ3v) is 8.73. The van der Waals surface area contributed by atoms with E-state index in [0.29, 0.717) is 5.92 Å². The van der Waals surface area contributed by atoms with Gasteiger partial charge in [0.15, 0.2) is 6.20 Å². The average Bonchev–Trinajstić information content (AvgIpc) is 3.52. The SMILES string of the molecule is Cc1ccc2c(oc3c(C4CCC(C5CCCC5)CC4)c(C#N)ccc32)c1-c1cccc[n+]1C. The maximum absolute atomic E-state index is 10.0. The molecule has 0 bridgehead atoms. The summed E-state index contributed by atoms with van der Waals surface area (Å²) in [4.78, 5) is 0. The van der Waals surface area contributed by atoms with Gasteiger partial charge >= 0.3 is 0 Å². The number of rotatable bonds is 3. The quantitative estimate of drug-likeness (QED) is 0.300. The molecule has 3 heteroatoms. The molecule has 0 atom stereocenters. The van der Waals surface area contributed by atoms with Gasteiger partial charge in [-0.3, -0.25) is 0 Å². The number of fused-ring (bicyclic) bond motifs is 3. The first kappa shape index (κ1) is 21.4. The van der Waals surface area contributed by atoms with E-state index in [1.807, 2.05) is 6.07 Å². The molecule has 34 heavy (non-hydrogen) atoms. The van der Waals surface area contributed by atoms with E-state index in [-0.39, 0.29) is 0 Å². The zero-order chi connectivity index (χ0) is 23.2. The molecule has 2 fully saturated rings. The van der Waals surface area contributed by atoms with E-state index in [1.54, 1.807) is 0 Å². The molecule has 2 aliphatic rings. The minimum absolute atomic E-state index is 0.411. The minimum Gasteiger partial charge on any atom is -0.455 e. The summed E-state index contributed by atoms with van der Waals surface area (Å²) in [6.45, 7) is 2.15. The van der Waals surface area contributed by atoms with Crippen LogP contribution in [0, 0.1) is 30.1 Å². The third-order valence-electron chi connectivity index (χ3n) is 8.73. The molecule has 2 heterocycles. The van der Waals surface area contributed by atoms with Crippen molar-refractivity contribution in [3.05, 3.63) is 65.4 Å². The molecule has 2 aliphatic carbocycles. The number of hydrogen-bond donors (Lipinski definition) is 0. The molecule has 0 aliphatic heterocycles. The van der Waals surface area contributed by atoms with E-state index in [9.17, 15) is 5.26 Å². The second-order valence-electron chi connectivity index (χ2n) is 10.6. The van der Waals surface area contributed by atoms with E-state index in [4.69, 9.17) is 4.42 Å². The average molecular weight is 450 g/mol. The predicted octanol–water partition coefficient (Wildman–Crippen LogP) is 7.72. The Balaban J connectivity index is 1.48. The number of pyridine rings is 1. The summed E-state index contributed by atoms with van der Waals surface area (Å²) in [5.74, 6) is 2.23. The Labute approximate surface area is 202 Å². The van der Waals surface area contributed by atoms with Crippen LogP contribution in [0.4, 0.5) is 0 Å². The van der Waals surface area contributed by atoms with Crippen molar-refractivity contribution in [1.29, 1.82) is 5.26 Å². The van der Waals surface area contributed by atoms with Crippen LogP contribution in [0.2, 0.25) is 0 Å². The largest absolute Gasteiger partial charge is 0.455 e. The van der Waals surface area contributed by atoms with Crippen LogP contribution in [0.25, 0.3) is 33.2 Å². The lowest BCUT2D eigenvalue weighted by atomic mass is 9.72. The van der Waals surface area contributed by atoms with Crippen molar-refractivity contribution in [2.75, 3.05) is 0 Å². The lowest BCUT2D eigenvalue weighted by Gasteiger charge is -2.32. The maximum Gasteiger partial charge on any atom is 0.216 e. The molecule has 6 rings (SSSR count). The molecule has 0 spiro atoms. The fraction of sp³-hybridized carbons (Fsp3) is 0.419. The number of nitrogens with zero attached hydrogens (tertiary/aromatic N) is 2. The zero-order valence-corrected chi connectivity index (χ0v) is 20.3. The summed E-state index contributed by atoms with van der Waals surface area (Å²) in [6, 6.07) is 17.3. The van der Waals surface area contributed by atoms with Crippen molar-refractivity contribution in [3.63, 3.8) is 0 Å². The number of benzene rings is 2. The van der Waals surface area contributed by atoms with Crippen molar-refractivity contribution in [3.8, 4) is 17.3 Å². The fourth-order valence-corrected chi connectivity index (χ4v) is 6.94. The molecule has 0 unspecified atom stereocenters. The molecule has 0 radical (unpaired) electrons. The van der Waals surface area contributed by atoms with Crippen molar-refractivity contribution in [1.82, 2.24) is 0 Å². The number of furan rings is 1. The first-order valence-electron chi connectivity index (χ1n) is 13.0. The first-order valence-corrected chi connectivity index (χ1v) is 13.0. The van der Waals surface area contributed by atoms with Gasteiger partial charge in [-0.15, -0.1) is 0 Å². The smallest absolute Gasteiger partial charge is 0.216 e. The van der Waals surface area contributed by atoms with Crippen LogP contribution in [0.3, 0.4) is 0 Å². The van der Waals surface area contributed by atoms with Crippen LogP contribution < -0.4 is 4.57 Å². The van der Waals surface area contributed by atoms with Gasteiger partial charge in [-0.1, -0.05) is 37.8 Å². The summed E-state index contributed by atoms with van der Waals surface area (Å²) >= 11 is 0. The highest BCUT2D eigenvalue weighted by atomic mass is 16.3. The molecule has 2 aromatic carbocycles. The molecule has 0 N–H and O–H groups in total. The first-order chi connectivity index (χ1) is 16.7. The van der Waals surface area contributed by atoms with Gasteiger partial charge in [0.1, 0.15) is 18.2 Å². The van der Waals surface area contributed by atoms with Crippen molar-refractivity contribution in [2.24, 2.45) is 18.9 Å². The number of aryl methyl sites for hydroxylation is 2. The Bertz CT molecular complexity index is 1410. The number of hydrogen-bond acceptors (Lipinski definition) is 2. The zero-order valence-electron chi connectivity index (χ0n) is 20.3. The van der Waals surface area contributed by atoms with E-state index >= 15 is 0 Å². The van der Waals surface area contributed by atoms with Gasteiger partial charge in [-0.25, -0.2) is 4.57 Å². The topological polar surface area (TPSA) is 40.8 Å². The number of aromatic nitrogens is 1. The maximum atomic E-state index is 10.0. The molecule has 2 saturated carbocycles. The molecule has 4 aromatic rings. The summed E-state index contributed by atoms with van der Waals surface area (Å²) in [5, 5.41) is 12.3. The van der Waals surface area contributed by atoms with Crippen LogP contribution >= 0.6 is 0 Å². The van der Waals surface area contributed by atoms with E-state index < -0.39 is 0 Å². The summed E-state index contributed by atoms with van der Waals surface area (Å²) in [6.07, 6.45) is 12.7. The Morgan fingerprint density at radius 1 is 0.853 bits per heavy atom. The molecule has 0 saturated heterocycles. The normalized spacial score (nSPS) is 21.3. The van der Waals surface area contributed by atoms with E-state index in [0.717, 1.165) is 56.2 Å². The Hall–Kier alpha value is -3.12. The predicted molar refractivity (Wildman–Crippen MR) is 136 cm³/mol. The molecule has 2 aromatic heterocycles. The van der Waals surface area contributed by atoms with Gasteiger partial charge in [0.2, 0.25) is 5.69 Å². The molecule has 0 amide bonds. The Morgan fingerprint density at radius 2 is 1.56 bits per heavy atom. The van der Waals surface area contributed by atoms with Crippen LogP contribution in [-0.2, 0) is 7.05 Å². The van der Waals surface area contributed by atoms with Crippen molar-refractivity contribution in [2.45, 2.75) is 64.2 Å². The third kappa shape index (κ3) is 3.43. The van der Waals surface area contributed by atoms with Gasteiger partial charge < -0.3 is 4.42 Å². The highest BCUT2D eigenvalue weighted by Crippen LogP contribution is 2.47. The van der Waals surface area contributed by atoms with Crippen LogP contribution in [0.5, 0.6) is 0 Å². The summed E-state index contributed by atoms with van der Waals surface area (Å²) in [7, 11) is 2.08. The van der Waals surface area contributed by atoms with Gasteiger partial charge in [0.05, 0.1) is 17.2 Å². The second-order valence-corrected chi connectivity index (χ2v) is 10.6. The molecule has 172 valence electrons. The van der Waals surface area contributed by atoms with Crippen LogP contribution in [0.15, 0.2) is 53.1 Å². The van der Waals surface area contributed by atoms with Crippen molar-refractivity contribution < 1.29 is 8.98 Å². The highest BCUT2D eigenvalue weighted by Gasteiger charge is 2.32. The highest BCUT2D eigenvalue weighted by molar-refractivity contribution is 6.11. The van der Waals surface area contributed by atoms with Gasteiger partial charge in [-0.2, -0.15) is 5.26 Å². The Morgan fingerprint density at radius 3 is 2.29 bits per heavy atom. The number of nitriles is 1. The molecule has 3 nitrogen and oxygen atoms in total. The van der Waals surface area contributed by atoms with Crippen molar-refractivity contribution >= 4 is 21.9 Å². The summed E-state index contributed by atoms with van der Waals surface area (Å²) < 4.78 is 8.92. The molecular formula is C31H33N2O+. The lowest BCUT2D eigenvalue weighted by Crippen LogP contribution is -2.30. The Kier molecular flexibility index (Phi) is 5.41. The van der Waals surface area contributed by atoms with E-state index in [1.165, 1.54) is 56.9 Å². The fourth-order valence-electron chi connectivity index (χ4n) is 6.94. The van der Waals surface area contributed by atoms with Crippen LogP contribution in [0.1, 0.15) is 74.0 Å². The van der Waals surface area contributed by atoms with E-state index in [2.05, 4.69) is 67.2 Å². The summed E-state index contributed by atoms with van der Waals surface area (Å²) in [5.41, 5.74) is 7.31. The lowest BCUT2D eigenvalue weighted by molar-refractivity contribution is -0.660. The standard InChI is InChI=1S/C31H33N2O/c1-20-10-16-25-26-17-15-24(19-32)29(23-13-11-22(12-14-23)21-7-3-4-8-21)31(26)34-30(25)28(20)27-9-5-6-18-33(27)2/h5-6,9-10,15-18,21-23H,3-4,7-8,11-14H2,1-2H3/q+1.